The second kappa shape index (κ2) is 4.93. The van der Waals surface area contributed by atoms with E-state index in [1.807, 2.05) is 0 Å². The van der Waals surface area contributed by atoms with Crippen molar-refractivity contribution in [1.82, 2.24) is 0 Å². The van der Waals surface area contributed by atoms with Crippen molar-refractivity contribution in [1.29, 1.82) is 0 Å². The monoisotopic (exact) mass is 255 g/mol. The second-order valence-electron chi connectivity index (χ2n) is 4.30. The van der Waals surface area contributed by atoms with Gasteiger partial charge in [-0.3, -0.25) is 0 Å². The van der Waals surface area contributed by atoms with Gasteiger partial charge in [0.2, 0.25) is 0 Å². The third-order valence-corrected chi connectivity index (χ3v) is 3.13. The maximum atomic E-state index is 12.5. The standard InChI is InChI=1S/C12H15O6/c13-6-8-9(14)10(15)11(16)12(17,18-8)7-4-2-1-3-5-7/h1-5,8-11,13-16H,6H2/t8-,9-,10+,11-,12-/m1/s1. The highest BCUT2D eigenvalue weighted by atomic mass is 16.7. The van der Waals surface area contributed by atoms with Crippen LogP contribution in [0.4, 0.5) is 0 Å². The summed E-state index contributed by atoms with van der Waals surface area (Å²) in [5.74, 6) is -2.41. The van der Waals surface area contributed by atoms with Crippen LogP contribution in [0.2, 0.25) is 0 Å². The molecule has 0 bridgehead atoms. The maximum Gasteiger partial charge on any atom is 0.257 e. The van der Waals surface area contributed by atoms with Gasteiger partial charge >= 0.3 is 0 Å². The first-order chi connectivity index (χ1) is 8.50. The van der Waals surface area contributed by atoms with Gasteiger partial charge in [-0.1, -0.05) is 30.3 Å². The minimum atomic E-state index is -2.41. The predicted octanol–water partition coefficient (Wildman–Crippen LogP) is -1.26. The van der Waals surface area contributed by atoms with Crippen molar-refractivity contribution in [2.45, 2.75) is 30.2 Å². The average molecular weight is 255 g/mol. The topological polar surface area (TPSA) is 110 Å². The third kappa shape index (κ3) is 2.03. The molecule has 1 aliphatic heterocycles. The Morgan fingerprint density at radius 2 is 1.72 bits per heavy atom. The molecule has 0 spiro atoms. The van der Waals surface area contributed by atoms with Crippen molar-refractivity contribution in [3.05, 3.63) is 35.9 Å². The number of ether oxygens (including phenoxy) is 1. The number of aliphatic hydroxyl groups excluding tert-OH is 4. The summed E-state index contributed by atoms with van der Waals surface area (Å²) in [6, 6.07) is 7.79. The highest BCUT2D eigenvalue weighted by Crippen LogP contribution is 2.36. The summed E-state index contributed by atoms with van der Waals surface area (Å²) >= 11 is 0. The Hall–Kier alpha value is -1.02. The lowest BCUT2D eigenvalue weighted by molar-refractivity contribution is -0.378. The summed E-state index contributed by atoms with van der Waals surface area (Å²) < 4.78 is 5.04. The molecule has 1 fully saturated rings. The molecule has 2 rings (SSSR count). The molecular formula is C12H15O6. The third-order valence-electron chi connectivity index (χ3n) is 3.13. The van der Waals surface area contributed by atoms with Gasteiger partial charge in [0.15, 0.2) is 0 Å². The van der Waals surface area contributed by atoms with Crippen LogP contribution in [0.1, 0.15) is 5.56 Å². The van der Waals surface area contributed by atoms with Crippen LogP contribution in [-0.4, -0.2) is 51.4 Å². The van der Waals surface area contributed by atoms with Gasteiger partial charge in [0.05, 0.1) is 6.61 Å². The molecule has 6 heteroatoms. The smallest absolute Gasteiger partial charge is 0.257 e. The van der Waals surface area contributed by atoms with Crippen LogP contribution in [-0.2, 0) is 15.6 Å². The van der Waals surface area contributed by atoms with E-state index < -0.39 is 36.8 Å². The Kier molecular flexibility index (Phi) is 3.67. The molecule has 0 unspecified atom stereocenters. The minimum absolute atomic E-state index is 0.127. The molecule has 1 aromatic rings. The molecule has 1 heterocycles. The first-order valence-corrected chi connectivity index (χ1v) is 5.59. The van der Waals surface area contributed by atoms with Crippen LogP contribution < -0.4 is 0 Å². The lowest BCUT2D eigenvalue weighted by Gasteiger charge is -2.44. The summed E-state index contributed by atoms with van der Waals surface area (Å²) in [5.41, 5.74) is 0.127. The molecule has 4 N–H and O–H groups in total. The molecule has 0 amide bonds. The van der Waals surface area contributed by atoms with Gasteiger partial charge in [0, 0.05) is 5.56 Å². The molecule has 1 saturated heterocycles. The molecule has 0 aromatic heterocycles. The van der Waals surface area contributed by atoms with Gasteiger partial charge in [-0.05, 0) is 0 Å². The van der Waals surface area contributed by atoms with Crippen LogP contribution >= 0.6 is 0 Å². The lowest BCUT2D eigenvalue weighted by atomic mass is 9.88. The van der Waals surface area contributed by atoms with Crippen molar-refractivity contribution in [3.63, 3.8) is 0 Å². The molecule has 0 aliphatic carbocycles. The van der Waals surface area contributed by atoms with Crippen molar-refractivity contribution in [2.75, 3.05) is 6.61 Å². The van der Waals surface area contributed by atoms with E-state index in [9.17, 15) is 20.4 Å². The fraction of sp³-hybridized carbons (Fsp3) is 0.500. The molecule has 5 atom stereocenters. The molecule has 6 nitrogen and oxygen atoms in total. The lowest BCUT2D eigenvalue weighted by Crippen LogP contribution is -2.63. The van der Waals surface area contributed by atoms with Crippen LogP contribution in [0.5, 0.6) is 0 Å². The van der Waals surface area contributed by atoms with Crippen molar-refractivity contribution in [2.24, 2.45) is 0 Å². The Morgan fingerprint density at radius 3 is 2.28 bits per heavy atom. The summed E-state index contributed by atoms with van der Waals surface area (Å²) in [4.78, 5) is 0. The van der Waals surface area contributed by atoms with E-state index in [1.54, 1.807) is 18.2 Å². The van der Waals surface area contributed by atoms with Gasteiger partial charge in [-0.15, -0.1) is 0 Å². The molecule has 18 heavy (non-hydrogen) atoms. The summed E-state index contributed by atoms with van der Waals surface area (Å²) in [7, 11) is 0. The van der Waals surface area contributed by atoms with E-state index in [0.717, 1.165) is 0 Å². The van der Waals surface area contributed by atoms with E-state index in [0.29, 0.717) is 0 Å². The number of aliphatic hydroxyl groups is 4. The van der Waals surface area contributed by atoms with E-state index in [4.69, 9.17) is 9.84 Å². The van der Waals surface area contributed by atoms with E-state index >= 15 is 0 Å². The predicted molar refractivity (Wildman–Crippen MR) is 58.8 cm³/mol. The van der Waals surface area contributed by atoms with Crippen LogP contribution in [0.15, 0.2) is 30.3 Å². The normalized spacial score (nSPS) is 40.7. The zero-order valence-electron chi connectivity index (χ0n) is 9.51. The zero-order valence-corrected chi connectivity index (χ0v) is 9.51. The van der Waals surface area contributed by atoms with Crippen molar-refractivity contribution in [3.8, 4) is 0 Å². The van der Waals surface area contributed by atoms with Crippen molar-refractivity contribution >= 4 is 0 Å². The second-order valence-corrected chi connectivity index (χ2v) is 4.30. The Balaban J connectivity index is 2.37. The molecular weight excluding hydrogens is 240 g/mol. The molecule has 1 radical (unpaired) electrons. The number of hydrogen-bond acceptors (Lipinski definition) is 5. The number of rotatable bonds is 2. The van der Waals surface area contributed by atoms with Crippen LogP contribution in [0.3, 0.4) is 0 Å². The SMILES string of the molecule is [O][C@]1(c2ccccc2)O[C@H](CO)[C@@H](O)[C@H](O)[C@H]1O. The van der Waals surface area contributed by atoms with E-state index in [2.05, 4.69) is 0 Å². The van der Waals surface area contributed by atoms with Crippen LogP contribution in [0, 0.1) is 0 Å². The van der Waals surface area contributed by atoms with Gasteiger partial charge < -0.3 is 25.2 Å². The van der Waals surface area contributed by atoms with Gasteiger partial charge in [-0.2, -0.15) is 5.11 Å². The zero-order chi connectivity index (χ0) is 13.3. The number of benzene rings is 1. The largest absolute Gasteiger partial charge is 0.394 e. The van der Waals surface area contributed by atoms with Gasteiger partial charge in [0.25, 0.3) is 5.79 Å². The molecule has 0 saturated carbocycles. The first kappa shape index (κ1) is 13.4. The maximum absolute atomic E-state index is 12.5. The molecule has 1 aromatic carbocycles. The Bertz CT molecular complexity index is 395. The van der Waals surface area contributed by atoms with Crippen molar-refractivity contribution < 1.29 is 30.3 Å². The van der Waals surface area contributed by atoms with Gasteiger partial charge in [0.1, 0.15) is 24.4 Å². The molecule has 99 valence electrons. The number of hydrogen-bond donors (Lipinski definition) is 4. The summed E-state index contributed by atoms with van der Waals surface area (Å²) in [6.45, 7) is -0.623. The summed E-state index contributed by atoms with van der Waals surface area (Å²) in [5, 5.41) is 50.6. The summed E-state index contributed by atoms with van der Waals surface area (Å²) in [6.07, 6.45) is -6.23. The fourth-order valence-corrected chi connectivity index (χ4v) is 2.05. The molecule has 1 aliphatic rings. The first-order valence-electron chi connectivity index (χ1n) is 5.59. The van der Waals surface area contributed by atoms with E-state index in [1.165, 1.54) is 12.1 Å². The Labute approximate surface area is 104 Å². The highest BCUT2D eigenvalue weighted by Gasteiger charge is 2.54. The fourth-order valence-electron chi connectivity index (χ4n) is 2.05. The van der Waals surface area contributed by atoms with Crippen LogP contribution in [0.25, 0.3) is 0 Å². The van der Waals surface area contributed by atoms with Gasteiger partial charge in [-0.25, -0.2) is 0 Å². The minimum Gasteiger partial charge on any atom is -0.394 e. The quantitative estimate of drug-likeness (QED) is 0.527. The highest BCUT2D eigenvalue weighted by molar-refractivity contribution is 5.23. The van der Waals surface area contributed by atoms with E-state index in [-0.39, 0.29) is 5.56 Å². The average Bonchev–Trinajstić information content (AvgIpc) is 2.41. The Morgan fingerprint density at radius 1 is 1.11 bits per heavy atom.